The highest BCUT2D eigenvalue weighted by Crippen LogP contribution is 2.08. The van der Waals surface area contributed by atoms with Gasteiger partial charge in [0.15, 0.2) is 0 Å². The Morgan fingerprint density at radius 2 is 2.00 bits per heavy atom. The molecule has 0 aromatic carbocycles. The first-order valence-electron chi connectivity index (χ1n) is 5.61. The lowest BCUT2D eigenvalue weighted by Crippen LogP contribution is -2.38. The van der Waals surface area contributed by atoms with E-state index in [4.69, 9.17) is 5.73 Å². The van der Waals surface area contributed by atoms with E-state index in [0.717, 1.165) is 19.5 Å². The lowest BCUT2D eigenvalue weighted by Gasteiger charge is -2.18. The normalized spacial score (nSPS) is 13.3. The lowest BCUT2D eigenvalue weighted by atomic mass is 9.95. The first kappa shape index (κ1) is 14.4. The zero-order chi connectivity index (χ0) is 11.8. The highest BCUT2D eigenvalue weighted by molar-refractivity contribution is 5.79. The van der Waals surface area contributed by atoms with E-state index in [2.05, 4.69) is 10.2 Å². The Morgan fingerprint density at radius 3 is 2.40 bits per heavy atom. The number of nitrogens with one attached hydrogen (secondary N) is 1. The number of hydrogen-bond acceptors (Lipinski definition) is 3. The maximum absolute atomic E-state index is 11.7. The second kappa shape index (κ2) is 7.65. The molecule has 0 saturated heterocycles. The molecule has 1 amide bonds. The standard InChI is InChI=1S/C11H25N3O/c1-9(2)10(8-12)11(15)13-6-5-7-14(3)4/h9-10H,5-8,12H2,1-4H3,(H,13,15). The number of carbonyl (C=O) groups is 1. The summed E-state index contributed by atoms with van der Waals surface area (Å²) in [5, 5.41) is 2.92. The largest absolute Gasteiger partial charge is 0.356 e. The predicted molar refractivity (Wildman–Crippen MR) is 63.6 cm³/mol. The van der Waals surface area contributed by atoms with Crippen molar-refractivity contribution in [2.75, 3.05) is 33.7 Å². The molecular formula is C11H25N3O. The van der Waals surface area contributed by atoms with Crippen LogP contribution < -0.4 is 11.1 Å². The fourth-order valence-electron chi connectivity index (χ4n) is 1.42. The number of nitrogens with two attached hydrogens (primary N) is 1. The second-order valence-electron chi connectivity index (χ2n) is 4.53. The summed E-state index contributed by atoms with van der Waals surface area (Å²) in [6.45, 7) is 6.21. The van der Waals surface area contributed by atoms with Crippen molar-refractivity contribution < 1.29 is 4.79 Å². The molecule has 0 aliphatic rings. The minimum absolute atomic E-state index is 0.0515. The Balaban J connectivity index is 3.72. The van der Waals surface area contributed by atoms with E-state index in [1.807, 2.05) is 27.9 Å². The molecule has 4 heteroatoms. The highest BCUT2D eigenvalue weighted by atomic mass is 16.1. The van der Waals surface area contributed by atoms with Crippen LogP contribution in [0.2, 0.25) is 0 Å². The Bertz CT molecular complexity index is 181. The molecule has 0 radical (unpaired) electrons. The van der Waals surface area contributed by atoms with Gasteiger partial charge in [-0.25, -0.2) is 0 Å². The minimum atomic E-state index is -0.0515. The van der Waals surface area contributed by atoms with Gasteiger partial charge in [-0.1, -0.05) is 13.8 Å². The van der Waals surface area contributed by atoms with E-state index in [1.165, 1.54) is 0 Å². The molecule has 0 fully saturated rings. The van der Waals surface area contributed by atoms with Gasteiger partial charge in [0.2, 0.25) is 5.91 Å². The van der Waals surface area contributed by atoms with Gasteiger partial charge in [0, 0.05) is 13.1 Å². The monoisotopic (exact) mass is 215 g/mol. The predicted octanol–water partition coefficient (Wildman–Crippen LogP) is 0.285. The molecule has 1 unspecified atom stereocenters. The molecule has 0 spiro atoms. The third-order valence-corrected chi connectivity index (χ3v) is 2.48. The summed E-state index contributed by atoms with van der Waals surface area (Å²) in [6.07, 6.45) is 0.980. The van der Waals surface area contributed by atoms with Gasteiger partial charge in [-0.3, -0.25) is 4.79 Å². The van der Waals surface area contributed by atoms with Gasteiger partial charge in [0.05, 0.1) is 5.92 Å². The molecule has 4 nitrogen and oxygen atoms in total. The van der Waals surface area contributed by atoms with Crippen LogP contribution >= 0.6 is 0 Å². The van der Waals surface area contributed by atoms with Crippen molar-refractivity contribution in [2.24, 2.45) is 17.6 Å². The van der Waals surface area contributed by atoms with Gasteiger partial charge in [-0.05, 0) is 33.0 Å². The number of amides is 1. The average Bonchev–Trinajstić information content (AvgIpc) is 2.12. The topological polar surface area (TPSA) is 58.4 Å². The van der Waals surface area contributed by atoms with Crippen LogP contribution in [0.15, 0.2) is 0 Å². The van der Waals surface area contributed by atoms with Crippen molar-refractivity contribution in [1.29, 1.82) is 0 Å². The molecule has 1 atom stereocenters. The highest BCUT2D eigenvalue weighted by Gasteiger charge is 2.19. The smallest absolute Gasteiger partial charge is 0.224 e. The van der Waals surface area contributed by atoms with Crippen LogP contribution in [-0.4, -0.2) is 44.5 Å². The van der Waals surface area contributed by atoms with Crippen LogP contribution in [0.3, 0.4) is 0 Å². The zero-order valence-electron chi connectivity index (χ0n) is 10.4. The van der Waals surface area contributed by atoms with Crippen molar-refractivity contribution in [1.82, 2.24) is 10.2 Å². The first-order chi connectivity index (χ1) is 6.99. The van der Waals surface area contributed by atoms with Crippen molar-refractivity contribution in [3.8, 4) is 0 Å². The summed E-state index contributed by atoms with van der Waals surface area (Å²) in [5.41, 5.74) is 5.56. The van der Waals surface area contributed by atoms with Crippen LogP contribution in [-0.2, 0) is 4.79 Å². The fraction of sp³-hybridized carbons (Fsp3) is 0.909. The molecule has 0 saturated carbocycles. The van der Waals surface area contributed by atoms with E-state index in [-0.39, 0.29) is 11.8 Å². The Kier molecular flexibility index (Phi) is 7.34. The molecule has 15 heavy (non-hydrogen) atoms. The Hall–Kier alpha value is -0.610. The number of rotatable bonds is 7. The maximum Gasteiger partial charge on any atom is 0.224 e. The van der Waals surface area contributed by atoms with E-state index in [0.29, 0.717) is 12.5 Å². The SMILES string of the molecule is CC(C)C(CN)C(=O)NCCCN(C)C. The Labute approximate surface area is 93.2 Å². The number of hydrogen-bond donors (Lipinski definition) is 2. The van der Waals surface area contributed by atoms with Crippen molar-refractivity contribution in [2.45, 2.75) is 20.3 Å². The quantitative estimate of drug-likeness (QED) is 0.600. The molecule has 0 bridgehead atoms. The lowest BCUT2D eigenvalue weighted by molar-refractivity contribution is -0.125. The third kappa shape index (κ3) is 6.47. The van der Waals surface area contributed by atoms with Crippen LogP contribution in [0.25, 0.3) is 0 Å². The zero-order valence-corrected chi connectivity index (χ0v) is 10.4. The van der Waals surface area contributed by atoms with Gasteiger partial charge in [-0.2, -0.15) is 0 Å². The van der Waals surface area contributed by atoms with Gasteiger partial charge in [-0.15, -0.1) is 0 Å². The summed E-state index contributed by atoms with van der Waals surface area (Å²) in [4.78, 5) is 13.8. The Morgan fingerprint density at radius 1 is 1.40 bits per heavy atom. The van der Waals surface area contributed by atoms with Crippen molar-refractivity contribution >= 4 is 5.91 Å². The van der Waals surface area contributed by atoms with Crippen molar-refractivity contribution in [3.63, 3.8) is 0 Å². The molecule has 0 rings (SSSR count). The summed E-state index contributed by atoms with van der Waals surface area (Å²) >= 11 is 0. The van der Waals surface area contributed by atoms with E-state index in [1.54, 1.807) is 0 Å². The molecule has 0 aliphatic carbocycles. The van der Waals surface area contributed by atoms with Crippen LogP contribution in [0.4, 0.5) is 0 Å². The van der Waals surface area contributed by atoms with Gasteiger partial charge >= 0.3 is 0 Å². The van der Waals surface area contributed by atoms with Crippen LogP contribution in [0.1, 0.15) is 20.3 Å². The second-order valence-corrected chi connectivity index (χ2v) is 4.53. The van der Waals surface area contributed by atoms with E-state index < -0.39 is 0 Å². The van der Waals surface area contributed by atoms with E-state index in [9.17, 15) is 4.79 Å². The summed E-state index contributed by atoms with van der Waals surface area (Å²) in [6, 6.07) is 0. The fourth-order valence-corrected chi connectivity index (χ4v) is 1.42. The maximum atomic E-state index is 11.7. The molecule has 0 aromatic rings. The first-order valence-corrected chi connectivity index (χ1v) is 5.61. The third-order valence-electron chi connectivity index (χ3n) is 2.48. The molecule has 0 aromatic heterocycles. The summed E-state index contributed by atoms with van der Waals surface area (Å²) < 4.78 is 0. The van der Waals surface area contributed by atoms with Crippen LogP contribution in [0.5, 0.6) is 0 Å². The number of carbonyl (C=O) groups excluding carboxylic acids is 1. The van der Waals surface area contributed by atoms with Gasteiger partial charge in [0.1, 0.15) is 0 Å². The minimum Gasteiger partial charge on any atom is -0.356 e. The summed E-state index contributed by atoms with van der Waals surface area (Å²) in [7, 11) is 4.05. The van der Waals surface area contributed by atoms with E-state index >= 15 is 0 Å². The van der Waals surface area contributed by atoms with Crippen LogP contribution in [0, 0.1) is 11.8 Å². The molecule has 0 heterocycles. The molecular weight excluding hydrogens is 190 g/mol. The van der Waals surface area contributed by atoms with Gasteiger partial charge < -0.3 is 16.0 Å². The van der Waals surface area contributed by atoms with Gasteiger partial charge in [0.25, 0.3) is 0 Å². The summed E-state index contributed by atoms with van der Waals surface area (Å²) in [5.74, 6) is 0.347. The number of nitrogens with zero attached hydrogens (tertiary/aromatic N) is 1. The molecule has 3 N–H and O–H groups in total. The van der Waals surface area contributed by atoms with Crippen molar-refractivity contribution in [3.05, 3.63) is 0 Å². The molecule has 90 valence electrons. The molecule has 0 aliphatic heterocycles. The average molecular weight is 215 g/mol.